The Labute approximate surface area is 107 Å². The number of carbonyl (C=O) groups is 4. The molecule has 2 unspecified atom stereocenters. The van der Waals surface area contributed by atoms with Gasteiger partial charge in [0.25, 0.3) is 0 Å². The van der Waals surface area contributed by atoms with Gasteiger partial charge in [-0.2, -0.15) is 0 Å². The van der Waals surface area contributed by atoms with E-state index in [1.807, 2.05) is 0 Å². The number of nitrogens with one attached hydrogen (secondary N) is 1. The molecule has 0 spiro atoms. The maximum Gasteiger partial charge on any atom is 0.311 e. The first-order valence-corrected chi connectivity index (χ1v) is 6.14. The Morgan fingerprint density at radius 1 is 1.50 bits per heavy atom. The number of cyclic esters (lactones) is 1. The normalized spacial score (nSPS) is 23.1. The molecule has 18 heavy (non-hydrogen) atoms. The highest BCUT2D eigenvalue weighted by molar-refractivity contribution is 8.14. The average molecular weight is 275 g/mol. The molecule has 1 fully saturated rings. The summed E-state index contributed by atoms with van der Waals surface area (Å²) in [5.41, 5.74) is -0.859. The third kappa shape index (κ3) is 4.74. The molecule has 1 heterocycles. The van der Waals surface area contributed by atoms with E-state index in [1.165, 1.54) is 6.92 Å². The van der Waals surface area contributed by atoms with E-state index in [1.54, 1.807) is 0 Å². The number of carboxylic acid groups (broad SMARTS) is 1. The predicted molar refractivity (Wildman–Crippen MR) is 61.6 cm³/mol. The Morgan fingerprint density at radius 3 is 2.72 bits per heavy atom. The molecule has 0 aromatic heterocycles. The number of hydrogen-bond donors (Lipinski definition) is 2. The zero-order valence-electron chi connectivity index (χ0n) is 9.67. The first-order chi connectivity index (χ1) is 8.38. The first kappa shape index (κ1) is 14.5. The zero-order valence-corrected chi connectivity index (χ0v) is 10.5. The predicted octanol–water partition coefficient (Wildman–Crippen LogP) is -0.111. The molecule has 2 N–H and O–H groups in total. The number of rotatable bonds is 4. The number of ether oxygens (including phenoxy) is 1. The van der Waals surface area contributed by atoms with Crippen LogP contribution in [0.5, 0.6) is 0 Å². The molecule has 1 amide bonds. The van der Waals surface area contributed by atoms with Gasteiger partial charge in [0.15, 0.2) is 5.44 Å². The van der Waals surface area contributed by atoms with Gasteiger partial charge in [0.05, 0.1) is 6.04 Å². The van der Waals surface area contributed by atoms with Crippen LogP contribution < -0.4 is 5.32 Å². The third-order valence-electron chi connectivity index (χ3n) is 2.17. The fourth-order valence-corrected chi connectivity index (χ4v) is 2.47. The van der Waals surface area contributed by atoms with Crippen LogP contribution in [0, 0.1) is 0 Å². The number of esters is 1. The lowest BCUT2D eigenvalue weighted by Gasteiger charge is -2.30. The van der Waals surface area contributed by atoms with Crippen molar-refractivity contribution in [1.29, 1.82) is 0 Å². The van der Waals surface area contributed by atoms with E-state index in [9.17, 15) is 19.2 Å². The third-order valence-corrected chi connectivity index (χ3v) is 3.23. The van der Waals surface area contributed by atoms with Gasteiger partial charge in [-0.15, -0.1) is 0 Å². The van der Waals surface area contributed by atoms with E-state index in [4.69, 9.17) is 9.84 Å². The molecule has 0 saturated carbocycles. The Morgan fingerprint density at radius 2 is 2.17 bits per heavy atom. The molecule has 2 atom stereocenters. The summed E-state index contributed by atoms with van der Waals surface area (Å²) in [7, 11) is 0. The maximum absolute atomic E-state index is 11.3. The van der Waals surface area contributed by atoms with E-state index in [0.717, 1.165) is 0 Å². The summed E-state index contributed by atoms with van der Waals surface area (Å²) < 4.78 is 4.95. The largest absolute Gasteiger partial charge is 0.481 e. The fourth-order valence-electron chi connectivity index (χ4n) is 1.48. The van der Waals surface area contributed by atoms with Crippen molar-refractivity contribution in [3.8, 4) is 0 Å². The van der Waals surface area contributed by atoms with Gasteiger partial charge < -0.3 is 15.2 Å². The average Bonchev–Trinajstić information content (AvgIpc) is 2.20. The van der Waals surface area contributed by atoms with Crippen LogP contribution in [0.25, 0.3) is 0 Å². The lowest BCUT2D eigenvalue weighted by molar-refractivity contribution is -0.151. The van der Waals surface area contributed by atoms with E-state index >= 15 is 0 Å². The van der Waals surface area contributed by atoms with Gasteiger partial charge in [-0.3, -0.25) is 19.2 Å². The van der Waals surface area contributed by atoms with Crippen LogP contribution >= 0.6 is 11.8 Å². The number of amides is 1. The van der Waals surface area contributed by atoms with Crippen molar-refractivity contribution >= 4 is 34.7 Å². The lowest BCUT2D eigenvalue weighted by Crippen LogP contribution is -2.46. The summed E-state index contributed by atoms with van der Waals surface area (Å²) >= 11 is 0.625. The standard InChI is InChI=1S/C10H13NO6S/c1-5(12)11-6-2-3-8(15)17-10(6)18-9(16)4-7(13)14/h6,10H,2-4H2,1H3,(H,11,12)(H,13,14). The van der Waals surface area contributed by atoms with Crippen molar-refractivity contribution in [2.24, 2.45) is 0 Å². The smallest absolute Gasteiger partial charge is 0.311 e. The maximum atomic E-state index is 11.3. The Balaban J connectivity index is 2.61. The van der Waals surface area contributed by atoms with Crippen LogP contribution in [0.2, 0.25) is 0 Å². The molecular weight excluding hydrogens is 262 g/mol. The molecule has 0 bridgehead atoms. The second-order valence-electron chi connectivity index (χ2n) is 3.76. The van der Waals surface area contributed by atoms with Crippen molar-refractivity contribution in [3.05, 3.63) is 0 Å². The molecule has 1 aliphatic rings. The quantitative estimate of drug-likeness (QED) is 0.544. The van der Waals surface area contributed by atoms with Gasteiger partial charge in [0.1, 0.15) is 6.42 Å². The summed E-state index contributed by atoms with van der Waals surface area (Å²) in [6, 6.07) is -0.469. The Bertz CT molecular complexity index is 383. The van der Waals surface area contributed by atoms with Crippen molar-refractivity contribution < 1.29 is 29.0 Å². The molecule has 0 aliphatic carbocycles. The van der Waals surface area contributed by atoms with Crippen LogP contribution in [0.1, 0.15) is 26.2 Å². The summed E-state index contributed by atoms with van der Waals surface area (Å²) in [4.78, 5) is 43.8. The summed E-state index contributed by atoms with van der Waals surface area (Å²) in [6.07, 6.45) is -0.114. The molecule has 0 aromatic carbocycles. The molecule has 0 radical (unpaired) electrons. The Kier molecular flexibility index (Phi) is 5.14. The van der Waals surface area contributed by atoms with Crippen LogP contribution in [-0.4, -0.2) is 39.5 Å². The van der Waals surface area contributed by atoms with Gasteiger partial charge in [-0.05, 0) is 18.2 Å². The van der Waals surface area contributed by atoms with Gasteiger partial charge in [-0.25, -0.2) is 0 Å². The zero-order chi connectivity index (χ0) is 13.7. The number of hydrogen-bond acceptors (Lipinski definition) is 6. The molecule has 1 aliphatic heterocycles. The molecule has 100 valence electrons. The van der Waals surface area contributed by atoms with Crippen LogP contribution in [-0.2, 0) is 23.9 Å². The SMILES string of the molecule is CC(=O)NC1CCC(=O)OC1SC(=O)CC(=O)O. The summed E-state index contributed by atoms with van der Waals surface area (Å²) in [5, 5.41) is 10.4. The number of carbonyl (C=O) groups excluding carboxylic acids is 3. The molecule has 1 rings (SSSR count). The lowest BCUT2D eigenvalue weighted by atomic mass is 10.1. The minimum atomic E-state index is -1.24. The van der Waals surface area contributed by atoms with Gasteiger partial charge in [0.2, 0.25) is 11.0 Å². The number of thioether (sulfide) groups is 1. The molecule has 1 saturated heterocycles. The second kappa shape index (κ2) is 6.39. The van der Waals surface area contributed by atoms with Crippen molar-refractivity contribution in [3.63, 3.8) is 0 Å². The van der Waals surface area contributed by atoms with E-state index in [-0.39, 0.29) is 12.3 Å². The van der Waals surface area contributed by atoms with E-state index in [2.05, 4.69) is 5.32 Å². The number of carboxylic acids is 1. The highest BCUT2D eigenvalue weighted by Gasteiger charge is 2.33. The fraction of sp³-hybridized carbons (Fsp3) is 0.600. The minimum absolute atomic E-state index is 0.162. The highest BCUT2D eigenvalue weighted by Crippen LogP contribution is 2.26. The molecule has 0 aromatic rings. The molecular formula is C10H13NO6S. The van der Waals surface area contributed by atoms with Crippen LogP contribution in [0.15, 0.2) is 0 Å². The number of aliphatic carboxylic acids is 1. The van der Waals surface area contributed by atoms with Gasteiger partial charge in [-0.1, -0.05) is 0 Å². The Hall–Kier alpha value is -1.57. The van der Waals surface area contributed by atoms with Crippen LogP contribution in [0.4, 0.5) is 0 Å². The van der Waals surface area contributed by atoms with Gasteiger partial charge >= 0.3 is 11.9 Å². The van der Waals surface area contributed by atoms with Crippen LogP contribution in [0.3, 0.4) is 0 Å². The highest BCUT2D eigenvalue weighted by atomic mass is 32.2. The van der Waals surface area contributed by atoms with Crippen molar-refractivity contribution in [2.75, 3.05) is 0 Å². The van der Waals surface area contributed by atoms with E-state index < -0.39 is 35.0 Å². The van der Waals surface area contributed by atoms with E-state index in [0.29, 0.717) is 18.2 Å². The second-order valence-corrected chi connectivity index (χ2v) is 4.92. The molecule has 8 heteroatoms. The molecule has 7 nitrogen and oxygen atoms in total. The first-order valence-electron chi connectivity index (χ1n) is 5.26. The van der Waals surface area contributed by atoms with Gasteiger partial charge in [0, 0.05) is 13.3 Å². The monoisotopic (exact) mass is 275 g/mol. The topological polar surface area (TPSA) is 110 Å². The minimum Gasteiger partial charge on any atom is -0.481 e. The summed E-state index contributed by atoms with van der Waals surface area (Å²) in [6.45, 7) is 1.32. The van der Waals surface area contributed by atoms with Crippen molar-refractivity contribution in [2.45, 2.75) is 37.7 Å². The summed E-state index contributed by atoms with van der Waals surface area (Å²) in [5.74, 6) is -2.00. The van der Waals surface area contributed by atoms with Crippen molar-refractivity contribution in [1.82, 2.24) is 5.32 Å².